The highest BCUT2D eigenvalue weighted by molar-refractivity contribution is 6.83. The second-order valence-electron chi connectivity index (χ2n) is 4.19. The molecule has 0 radical (unpaired) electrons. The first kappa shape index (κ1) is 10.6. The SMILES string of the molecule is C#Cc1ccccc1C#C[Si](C)(C)C. The number of rotatable bonds is 0. The normalized spacial score (nSPS) is 9.86. The Morgan fingerprint density at radius 1 is 1.07 bits per heavy atom. The van der Waals surface area contributed by atoms with Crippen LogP contribution in [0.2, 0.25) is 19.6 Å². The summed E-state index contributed by atoms with van der Waals surface area (Å²) in [6.07, 6.45) is 5.38. The van der Waals surface area contributed by atoms with Crippen molar-refractivity contribution < 1.29 is 0 Å². The van der Waals surface area contributed by atoms with E-state index in [2.05, 4.69) is 37.0 Å². The zero-order valence-electron chi connectivity index (χ0n) is 8.89. The van der Waals surface area contributed by atoms with Crippen molar-refractivity contribution in [2.24, 2.45) is 0 Å². The molecule has 0 saturated carbocycles. The Morgan fingerprint density at radius 3 is 2.14 bits per heavy atom. The number of benzene rings is 1. The largest absolute Gasteiger partial charge is 0.129 e. The fourth-order valence-electron chi connectivity index (χ4n) is 0.973. The zero-order valence-corrected chi connectivity index (χ0v) is 9.89. The Hall–Kier alpha value is -1.44. The Bertz CT molecular complexity index is 419. The number of hydrogen-bond donors (Lipinski definition) is 0. The van der Waals surface area contributed by atoms with E-state index in [1.54, 1.807) is 0 Å². The molecule has 1 heteroatoms. The third kappa shape index (κ3) is 3.13. The molecule has 1 rings (SSSR count). The summed E-state index contributed by atoms with van der Waals surface area (Å²) in [5.41, 5.74) is 5.16. The Labute approximate surface area is 87.4 Å². The molecule has 1 aromatic carbocycles. The molecule has 14 heavy (non-hydrogen) atoms. The maximum atomic E-state index is 5.38. The van der Waals surface area contributed by atoms with Gasteiger partial charge in [0.1, 0.15) is 8.07 Å². The first-order valence-corrected chi connectivity index (χ1v) is 8.12. The molecular formula is C13H14Si. The van der Waals surface area contributed by atoms with Gasteiger partial charge in [-0.2, -0.15) is 0 Å². The fraction of sp³-hybridized carbons (Fsp3) is 0.231. The van der Waals surface area contributed by atoms with Gasteiger partial charge < -0.3 is 0 Å². The van der Waals surface area contributed by atoms with Crippen LogP contribution in [-0.2, 0) is 0 Å². The van der Waals surface area contributed by atoms with E-state index in [4.69, 9.17) is 6.42 Å². The second kappa shape index (κ2) is 4.18. The summed E-state index contributed by atoms with van der Waals surface area (Å²) in [4.78, 5) is 0. The third-order valence-electron chi connectivity index (χ3n) is 1.65. The van der Waals surface area contributed by atoms with E-state index in [1.165, 1.54) is 0 Å². The summed E-state index contributed by atoms with van der Waals surface area (Å²) < 4.78 is 0. The minimum atomic E-state index is -1.31. The zero-order chi connectivity index (χ0) is 10.6. The summed E-state index contributed by atoms with van der Waals surface area (Å²) in [7, 11) is -1.31. The second-order valence-corrected chi connectivity index (χ2v) is 8.94. The molecule has 0 aliphatic rings. The van der Waals surface area contributed by atoms with Crippen LogP contribution in [0.15, 0.2) is 24.3 Å². The minimum absolute atomic E-state index is 0.887. The van der Waals surface area contributed by atoms with Crippen molar-refractivity contribution in [1.29, 1.82) is 0 Å². The van der Waals surface area contributed by atoms with Crippen LogP contribution in [0.1, 0.15) is 11.1 Å². The number of hydrogen-bond acceptors (Lipinski definition) is 0. The molecule has 0 fully saturated rings. The molecule has 0 N–H and O–H groups in total. The van der Waals surface area contributed by atoms with Crippen molar-refractivity contribution in [2.75, 3.05) is 0 Å². The summed E-state index contributed by atoms with van der Waals surface area (Å²) >= 11 is 0. The first-order chi connectivity index (χ1) is 6.53. The van der Waals surface area contributed by atoms with Gasteiger partial charge in [-0.25, -0.2) is 0 Å². The average Bonchev–Trinajstić information content (AvgIpc) is 2.14. The quantitative estimate of drug-likeness (QED) is 0.444. The van der Waals surface area contributed by atoms with Crippen molar-refractivity contribution in [1.82, 2.24) is 0 Å². The fourth-order valence-corrected chi connectivity index (χ4v) is 1.48. The van der Waals surface area contributed by atoms with Gasteiger partial charge in [0.25, 0.3) is 0 Å². The first-order valence-electron chi connectivity index (χ1n) is 4.62. The molecule has 0 aliphatic heterocycles. The van der Waals surface area contributed by atoms with E-state index in [0.29, 0.717) is 0 Å². The van der Waals surface area contributed by atoms with Crippen molar-refractivity contribution in [2.45, 2.75) is 19.6 Å². The lowest BCUT2D eigenvalue weighted by Crippen LogP contribution is -2.16. The molecule has 70 valence electrons. The van der Waals surface area contributed by atoms with Gasteiger partial charge in [0.2, 0.25) is 0 Å². The lowest BCUT2D eigenvalue weighted by Gasteiger charge is -2.03. The minimum Gasteiger partial charge on any atom is -0.127 e. The van der Waals surface area contributed by atoms with Gasteiger partial charge in [0.15, 0.2) is 0 Å². The van der Waals surface area contributed by atoms with E-state index in [-0.39, 0.29) is 0 Å². The van der Waals surface area contributed by atoms with Crippen molar-refractivity contribution in [3.63, 3.8) is 0 Å². The van der Waals surface area contributed by atoms with Crippen LogP contribution < -0.4 is 0 Å². The van der Waals surface area contributed by atoms with Gasteiger partial charge in [-0.15, -0.1) is 12.0 Å². The van der Waals surface area contributed by atoms with E-state index in [9.17, 15) is 0 Å². The molecular weight excluding hydrogens is 184 g/mol. The summed E-state index contributed by atoms with van der Waals surface area (Å²) in [5, 5.41) is 0. The molecule has 0 saturated heterocycles. The maximum Gasteiger partial charge on any atom is 0.129 e. The molecule has 0 aliphatic carbocycles. The lowest BCUT2D eigenvalue weighted by molar-refractivity contribution is 1.59. The molecule has 0 atom stereocenters. The van der Waals surface area contributed by atoms with Crippen molar-refractivity contribution in [3.05, 3.63) is 35.4 Å². The molecule has 0 spiro atoms. The smallest absolute Gasteiger partial charge is 0.127 e. The van der Waals surface area contributed by atoms with Gasteiger partial charge in [-0.05, 0) is 12.1 Å². The highest BCUT2D eigenvalue weighted by atomic mass is 28.3. The van der Waals surface area contributed by atoms with Gasteiger partial charge in [0, 0.05) is 11.1 Å². The lowest BCUT2D eigenvalue weighted by atomic mass is 10.1. The van der Waals surface area contributed by atoms with Gasteiger partial charge in [-0.1, -0.05) is 43.6 Å². The predicted octanol–water partition coefficient (Wildman–Crippen LogP) is 2.90. The standard InChI is InChI=1S/C13H14Si/c1-5-12-8-6-7-9-13(12)10-11-14(2,3)4/h1,6-9H,2-4H3. The highest BCUT2D eigenvalue weighted by Gasteiger charge is 2.07. The Balaban J connectivity index is 3.08. The molecule has 0 amide bonds. The Kier molecular flexibility index (Phi) is 3.17. The molecule has 0 unspecified atom stereocenters. The van der Waals surface area contributed by atoms with Crippen LogP contribution in [0.25, 0.3) is 0 Å². The topological polar surface area (TPSA) is 0 Å². The van der Waals surface area contributed by atoms with Crippen LogP contribution in [0, 0.1) is 23.8 Å². The van der Waals surface area contributed by atoms with Gasteiger partial charge >= 0.3 is 0 Å². The van der Waals surface area contributed by atoms with Crippen molar-refractivity contribution >= 4 is 8.07 Å². The monoisotopic (exact) mass is 198 g/mol. The van der Waals surface area contributed by atoms with Crippen LogP contribution in [-0.4, -0.2) is 8.07 Å². The summed E-state index contributed by atoms with van der Waals surface area (Å²) in [6, 6.07) is 7.81. The molecule has 0 nitrogen and oxygen atoms in total. The van der Waals surface area contributed by atoms with E-state index < -0.39 is 8.07 Å². The van der Waals surface area contributed by atoms with Crippen LogP contribution in [0.5, 0.6) is 0 Å². The highest BCUT2D eigenvalue weighted by Crippen LogP contribution is 2.06. The van der Waals surface area contributed by atoms with E-state index >= 15 is 0 Å². The van der Waals surface area contributed by atoms with Crippen LogP contribution in [0.4, 0.5) is 0 Å². The van der Waals surface area contributed by atoms with Crippen LogP contribution >= 0.6 is 0 Å². The number of terminal acetylenes is 1. The molecule has 0 bridgehead atoms. The third-order valence-corrected chi connectivity index (χ3v) is 2.53. The average molecular weight is 198 g/mol. The molecule has 1 aromatic rings. The summed E-state index contributed by atoms with van der Waals surface area (Å²) in [6.45, 7) is 6.66. The Morgan fingerprint density at radius 2 is 1.64 bits per heavy atom. The van der Waals surface area contributed by atoms with Crippen molar-refractivity contribution in [3.8, 4) is 23.8 Å². The van der Waals surface area contributed by atoms with Crippen LogP contribution in [0.3, 0.4) is 0 Å². The summed E-state index contributed by atoms with van der Waals surface area (Å²) in [5.74, 6) is 5.82. The molecule has 0 aromatic heterocycles. The van der Waals surface area contributed by atoms with E-state index in [1.807, 2.05) is 24.3 Å². The molecule has 0 heterocycles. The van der Waals surface area contributed by atoms with E-state index in [0.717, 1.165) is 11.1 Å². The maximum absolute atomic E-state index is 5.38. The predicted molar refractivity (Wildman–Crippen MR) is 64.6 cm³/mol. The van der Waals surface area contributed by atoms with Gasteiger partial charge in [-0.3, -0.25) is 0 Å². The van der Waals surface area contributed by atoms with Gasteiger partial charge in [0.05, 0.1) is 0 Å².